The number of nitrogens with zero attached hydrogens (tertiary/aromatic N) is 1. The van der Waals surface area contributed by atoms with Crippen LogP contribution in [0.4, 0.5) is 5.69 Å². The van der Waals surface area contributed by atoms with E-state index in [2.05, 4.69) is 10.5 Å². The highest BCUT2D eigenvalue weighted by Crippen LogP contribution is 2.31. The molecule has 114 valence electrons. The minimum atomic E-state index is 0.576. The first-order valence-electron chi connectivity index (χ1n) is 7.10. The fourth-order valence-electron chi connectivity index (χ4n) is 2.14. The maximum atomic E-state index is 6.11. The number of nitrogens with one attached hydrogen (secondary N) is 1. The molecular weight excluding hydrogens is 300 g/mol. The molecule has 0 saturated carbocycles. The maximum Gasteiger partial charge on any atom is 0.162 e. The van der Waals surface area contributed by atoms with Crippen LogP contribution in [0.25, 0.3) is 0 Å². The lowest BCUT2D eigenvalue weighted by molar-refractivity contribution is 0.171. The number of fused-ring (bicyclic) bond motifs is 1. The average molecular weight is 317 g/mol. The van der Waals surface area contributed by atoms with Gasteiger partial charge in [-0.2, -0.15) is 5.10 Å². The zero-order valence-electron chi connectivity index (χ0n) is 12.5. The third-order valence-corrected chi connectivity index (χ3v) is 3.89. The van der Waals surface area contributed by atoms with Crippen molar-refractivity contribution in [2.24, 2.45) is 5.10 Å². The standard InChI is InChI=1S/C17H17ClN2O2/c1-11-3-5-14(10-15(11)18)20-19-12(2)13-4-6-16-17(9-13)22-8-7-21-16/h3-6,9-10,20H,7-8H2,1-2H3/b19-12+. The molecule has 0 atom stereocenters. The SMILES string of the molecule is C/C(=N\Nc1ccc(C)c(Cl)c1)c1ccc2c(c1)OCCO2. The lowest BCUT2D eigenvalue weighted by Crippen LogP contribution is -2.15. The first kappa shape index (κ1) is 14.7. The zero-order valence-corrected chi connectivity index (χ0v) is 13.3. The summed E-state index contributed by atoms with van der Waals surface area (Å²) in [7, 11) is 0. The molecule has 0 spiro atoms. The molecule has 3 rings (SSSR count). The Morgan fingerprint density at radius 2 is 1.86 bits per heavy atom. The molecule has 0 fully saturated rings. The van der Waals surface area contributed by atoms with Gasteiger partial charge in [-0.25, -0.2) is 0 Å². The Bertz CT molecular complexity index is 729. The third-order valence-electron chi connectivity index (χ3n) is 3.48. The molecule has 2 aromatic carbocycles. The van der Waals surface area contributed by atoms with E-state index in [1.165, 1.54) is 0 Å². The quantitative estimate of drug-likeness (QED) is 0.679. The molecule has 0 bridgehead atoms. The van der Waals surface area contributed by atoms with Crippen molar-refractivity contribution in [3.05, 3.63) is 52.5 Å². The number of benzene rings is 2. The van der Waals surface area contributed by atoms with Crippen LogP contribution in [0, 0.1) is 6.92 Å². The summed E-state index contributed by atoms with van der Waals surface area (Å²) in [5.41, 5.74) is 6.75. The van der Waals surface area contributed by atoms with Crippen molar-refractivity contribution in [3.63, 3.8) is 0 Å². The van der Waals surface area contributed by atoms with Gasteiger partial charge in [0.2, 0.25) is 0 Å². The summed E-state index contributed by atoms with van der Waals surface area (Å²) in [4.78, 5) is 0. The summed E-state index contributed by atoms with van der Waals surface area (Å²) < 4.78 is 11.1. The van der Waals surface area contributed by atoms with E-state index in [0.29, 0.717) is 13.2 Å². The van der Waals surface area contributed by atoms with Gasteiger partial charge >= 0.3 is 0 Å². The second-order valence-electron chi connectivity index (χ2n) is 5.13. The molecule has 2 aromatic rings. The van der Waals surface area contributed by atoms with Crippen LogP contribution >= 0.6 is 11.6 Å². The van der Waals surface area contributed by atoms with Gasteiger partial charge in [-0.1, -0.05) is 17.7 Å². The topological polar surface area (TPSA) is 42.9 Å². The lowest BCUT2D eigenvalue weighted by atomic mass is 10.1. The number of hydrazone groups is 1. The predicted octanol–water partition coefficient (Wildman–Crippen LogP) is 4.26. The fourth-order valence-corrected chi connectivity index (χ4v) is 2.32. The summed E-state index contributed by atoms with van der Waals surface area (Å²) in [5.74, 6) is 1.54. The molecule has 1 heterocycles. The summed E-state index contributed by atoms with van der Waals surface area (Å²) >= 11 is 6.11. The van der Waals surface area contributed by atoms with Gasteiger partial charge in [0.05, 0.1) is 11.4 Å². The Morgan fingerprint density at radius 3 is 2.64 bits per heavy atom. The smallest absolute Gasteiger partial charge is 0.162 e. The van der Waals surface area contributed by atoms with Gasteiger partial charge in [-0.3, -0.25) is 5.43 Å². The number of hydrogen-bond donors (Lipinski definition) is 1. The monoisotopic (exact) mass is 316 g/mol. The van der Waals surface area contributed by atoms with Crippen LogP contribution in [0.5, 0.6) is 11.5 Å². The van der Waals surface area contributed by atoms with E-state index in [1.54, 1.807) is 0 Å². The van der Waals surface area contributed by atoms with Crippen LogP contribution in [-0.4, -0.2) is 18.9 Å². The van der Waals surface area contributed by atoms with Crippen molar-refractivity contribution in [1.82, 2.24) is 0 Å². The first-order valence-corrected chi connectivity index (χ1v) is 7.48. The predicted molar refractivity (Wildman–Crippen MR) is 89.5 cm³/mol. The molecular formula is C17H17ClN2O2. The lowest BCUT2D eigenvalue weighted by Gasteiger charge is -2.18. The Hall–Kier alpha value is -2.20. The highest BCUT2D eigenvalue weighted by Gasteiger charge is 2.12. The summed E-state index contributed by atoms with van der Waals surface area (Å²) in [5, 5.41) is 5.12. The molecule has 0 amide bonds. The van der Waals surface area contributed by atoms with Crippen LogP contribution < -0.4 is 14.9 Å². The highest BCUT2D eigenvalue weighted by molar-refractivity contribution is 6.31. The number of rotatable bonds is 3. The van der Waals surface area contributed by atoms with E-state index in [4.69, 9.17) is 21.1 Å². The van der Waals surface area contributed by atoms with E-state index in [-0.39, 0.29) is 0 Å². The zero-order chi connectivity index (χ0) is 15.5. The molecule has 0 radical (unpaired) electrons. The molecule has 5 heteroatoms. The summed E-state index contributed by atoms with van der Waals surface area (Å²) in [6.07, 6.45) is 0. The van der Waals surface area contributed by atoms with Gasteiger partial charge in [0.25, 0.3) is 0 Å². The Kier molecular flexibility index (Phi) is 4.20. The van der Waals surface area contributed by atoms with Gasteiger partial charge in [-0.15, -0.1) is 0 Å². The molecule has 0 saturated heterocycles. The molecule has 0 aromatic heterocycles. The third kappa shape index (κ3) is 3.17. The van der Waals surface area contributed by atoms with E-state index < -0.39 is 0 Å². The van der Waals surface area contributed by atoms with Crippen LogP contribution in [0.15, 0.2) is 41.5 Å². The van der Waals surface area contributed by atoms with Crippen molar-refractivity contribution in [2.45, 2.75) is 13.8 Å². The molecule has 4 nitrogen and oxygen atoms in total. The molecule has 0 unspecified atom stereocenters. The number of halogens is 1. The largest absolute Gasteiger partial charge is 0.486 e. The minimum Gasteiger partial charge on any atom is -0.486 e. The van der Waals surface area contributed by atoms with Gasteiger partial charge in [0.15, 0.2) is 11.5 Å². The average Bonchev–Trinajstić information content (AvgIpc) is 2.55. The van der Waals surface area contributed by atoms with Crippen molar-refractivity contribution in [1.29, 1.82) is 0 Å². The van der Waals surface area contributed by atoms with Crippen molar-refractivity contribution in [2.75, 3.05) is 18.6 Å². The second-order valence-corrected chi connectivity index (χ2v) is 5.54. The fraction of sp³-hybridized carbons (Fsp3) is 0.235. The molecule has 1 N–H and O–H groups in total. The Balaban J connectivity index is 1.77. The molecule has 1 aliphatic heterocycles. The number of hydrogen-bond acceptors (Lipinski definition) is 4. The van der Waals surface area contributed by atoms with Crippen molar-refractivity contribution >= 4 is 23.0 Å². The normalized spacial score (nSPS) is 13.9. The first-order chi connectivity index (χ1) is 10.6. The number of aryl methyl sites for hydroxylation is 1. The van der Waals surface area contributed by atoms with Crippen LogP contribution in [0.3, 0.4) is 0 Å². The summed E-state index contributed by atoms with van der Waals surface area (Å²) in [6.45, 7) is 5.08. The van der Waals surface area contributed by atoms with Crippen molar-refractivity contribution < 1.29 is 9.47 Å². The van der Waals surface area contributed by atoms with Gasteiger partial charge in [0, 0.05) is 10.6 Å². The van der Waals surface area contributed by atoms with Gasteiger partial charge in [-0.05, 0) is 49.7 Å². The molecule has 1 aliphatic rings. The van der Waals surface area contributed by atoms with E-state index in [1.807, 2.05) is 50.2 Å². The molecule has 22 heavy (non-hydrogen) atoms. The molecule has 0 aliphatic carbocycles. The van der Waals surface area contributed by atoms with Crippen molar-refractivity contribution in [3.8, 4) is 11.5 Å². The Labute approximate surface area is 134 Å². The maximum absolute atomic E-state index is 6.11. The number of anilines is 1. The van der Waals surface area contributed by atoms with Gasteiger partial charge < -0.3 is 9.47 Å². The summed E-state index contributed by atoms with van der Waals surface area (Å²) in [6, 6.07) is 11.6. The van der Waals surface area contributed by atoms with Crippen LogP contribution in [-0.2, 0) is 0 Å². The Morgan fingerprint density at radius 1 is 1.09 bits per heavy atom. The van der Waals surface area contributed by atoms with Crippen LogP contribution in [0.2, 0.25) is 5.02 Å². The highest BCUT2D eigenvalue weighted by atomic mass is 35.5. The van der Waals surface area contributed by atoms with E-state index in [9.17, 15) is 0 Å². The van der Waals surface area contributed by atoms with E-state index >= 15 is 0 Å². The van der Waals surface area contributed by atoms with E-state index in [0.717, 1.165) is 39.0 Å². The number of ether oxygens (including phenoxy) is 2. The minimum absolute atomic E-state index is 0.576. The second kappa shape index (κ2) is 6.28. The van der Waals surface area contributed by atoms with Gasteiger partial charge in [0.1, 0.15) is 13.2 Å². The van der Waals surface area contributed by atoms with Crippen LogP contribution in [0.1, 0.15) is 18.1 Å².